The number of nitrogens with two attached hydrogens (primary N) is 2. The van der Waals surface area contributed by atoms with Gasteiger partial charge in [-0.05, 0) is 55.0 Å². The minimum absolute atomic E-state index is 0.0133. The van der Waals surface area contributed by atoms with Gasteiger partial charge in [0.05, 0.1) is 11.8 Å². The summed E-state index contributed by atoms with van der Waals surface area (Å²) in [6.45, 7) is -0.0267. The molecular formula is C23H24F2N4O4. The molecule has 0 aliphatic heterocycles. The minimum Gasteiger partial charge on any atom is -0.370 e. The summed E-state index contributed by atoms with van der Waals surface area (Å²) in [7, 11) is 0. The van der Waals surface area contributed by atoms with Crippen molar-refractivity contribution in [2.45, 2.75) is 19.3 Å². The second kappa shape index (κ2) is 10.2. The van der Waals surface area contributed by atoms with Crippen LogP contribution in [-0.2, 0) is 19.2 Å². The zero-order chi connectivity index (χ0) is 24.1. The third kappa shape index (κ3) is 6.12. The molecule has 1 aliphatic rings. The lowest BCUT2D eigenvalue weighted by molar-refractivity contribution is -0.125. The van der Waals surface area contributed by atoms with Crippen LogP contribution in [-0.4, -0.2) is 36.7 Å². The molecule has 2 unspecified atom stereocenters. The number of anilines is 2. The highest BCUT2D eigenvalue weighted by Gasteiger charge is 2.51. The fourth-order valence-electron chi connectivity index (χ4n) is 3.56. The summed E-state index contributed by atoms with van der Waals surface area (Å²) in [5, 5.41) is 0. The Morgan fingerprint density at radius 3 is 1.33 bits per heavy atom. The largest absolute Gasteiger partial charge is 0.370 e. The minimum atomic E-state index is -0.660. The summed E-state index contributed by atoms with van der Waals surface area (Å²) < 4.78 is 26.6. The summed E-state index contributed by atoms with van der Waals surface area (Å²) in [4.78, 5) is 51.5. The fraction of sp³-hybridized carbons (Fsp3) is 0.304. The van der Waals surface area contributed by atoms with Crippen molar-refractivity contribution < 1.29 is 28.0 Å². The van der Waals surface area contributed by atoms with E-state index in [1.807, 2.05) is 0 Å². The highest BCUT2D eigenvalue weighted by Crippen LogP contribution is 2.43. The van der Waals surface area contributed by atoms with E-state index in [2.05, 4.69) is 0 Å². The number of carbonyl (C=O) groups is 4. The lowest BCUT2D eigenvalue weighted by atomic mass is 10.2. The number of benzene rings is 2. The van der Waals surface area contributed by atoms with E-state index in [-0.39, 0.29) is 32.4 Å². The molecule has 4 amide bonds. The second-order valence-electron chi connectivity index (χ2n) is 7.81. The molecule has 174 valence electrons. The number of rotatable bonds is 10. The van der Waals surface area contributed by atoms with Crippen LogP contribution in [0.3, 0.4) is 0 Å². The number of primary amides is 2. The summed E-state index contributed by atoms with van der Waals surface area (Å²) in [5.74, 6) is -4.28. The summed E-state index contributed by atoms with van der Waals surface area (Å²) >= 11 is 0. The normalized spacial score (nSPS) is 16.7. The van der Waals surface area contributed by atoms with Gasteiger partial charge in [-0.15, -0.1) is 0 Å². The molecule has 1 saturated carbocycles. The standard InChI is InChI=1S/C23H24F2N4O4/c24-14-1-5-16(6-2-14)28(11-9-20(26)30)22(32)18-13-19(18)23(33)29(12-10-21(27)31)17-7-3-15(25)4-8-17/h1-8,18-19H,9-13H2,(H2,26,30)(H2,27,31). The predicted molar refractivity (Wildman–Crippen MR) is 117 cm³/mol. The zero-order valence-corrected chi connectivity index (χ0v) is 17.7. The maximum absolute atomic E-state index is 13.3. The molecular weight excluding hydrogens is 434 g/mol. The van der Waals surface area contributed by atoms with E-state index in [0.717, 1.165) is 0 Å². The van der Waals surface area contributed by atoms with Gasteiger partial charge >= 0.3 is 0 Å². The van der Waals surface area contributed by atoms with Gasteiger partial charge in [0.25, 0.3) is 0 Å². The lowest BCUT2D eigenvalue weighted by Gasteiger charge is -2.24. The van der Waals surface area contributed by atoms with Gasteiger partial charge in [-0.25, -0.2) is 8.78 Å². The van der Waals surface area contributed by atoms with Gasteiger partial charge in [0.15, 0.2) is 0 Å². The zero-order valence-electron chi connectivity index (χ0n) is 17.7. The molecule has 2 aromatic rings. The average Bonchev–Trinajstić information content (AvgIpc) is 3.57. The van der Waals surface area contributed by atoms with Gasteiger partial charge in [-0.2, -0.15) is 0 Å². The van der Waals surface area contributed by atoms with E-state index >= 15 is 0 Å². The predicted octanol–water partition coefficient (Wildman–Crippen LogP) is 1.72. The van der Waals surface area contributed by atoms with Crippen molar-refractivity contribution in [3.63, 3.8) is 0 Å². The molecule has 1 aliphatic carbocycles. The Bertz CT molecular complexity index is 960. The van der Waals surface area contributed by atoms with Crippen LogP contribution in [0.25, 0.3) is 0 Å². The van der Waals surface area contributed by atoms with Crippen LogP contribution >= 0.6 is 0 Å². The highest BCUT2D eigenvalue weighted by molar-refractivity contribution is 6.05. The van der Waals surface area contributed by atoms with Gasteiger partial charge in [-0.1, -0.05) is 0 Å². The number of halogens is 2. The average molecular weight is 458 g/mol. The van der Waals surface area contributed by atoms with Gasteiger partial charge in [0.1, 0.15) is 11.6 Å². The fourth-order valence-corrected chi connectivity index (χ4v) is 3.56. The molecule has 0 radical (unpaired) electrons. The van der Waals surface area contributed by atoms with Crippen LogP contribution in [0.5, 0.6) is 0 Å². The third-order valence-electron chi connectivity index (χ3n) is 5.40. The van der Waals surface area contributed by atoms with Crippen LogP contribution < -0.4 is 21.3 Å². The number of hydrogen-bond donors (Lipinski definition) is 2. The van der Waals surface area contributed by atoms with Gasteiger partial charge in [0.2, 0.25) is 23.6 Å². The Morgan fingerprint density at radius 2 is 1.03 bits per heavy atom. The van der Waals surface area contributed by atoms with E-state index in [0.29, 0.717) is 11.4 Å². The Morgan fingerprint density at radius 1 is 0.697 bits per heavy atom. The number of nitrogens with zero attached hydrogens (tertiary/aromatic N) is 2. The lowest BCUT2D eigenvalue weighted by Crippen LogP contribution is -2.38. The van der Waals surface area contributed by atoms with E-state index < -0.39 is 47.1 Å². The quantitative estimate of drug-likeness (QED) is 0.562. The summed E-state index contributed by atoms with van der Waals surface area (Å²) in [6, 6.07) is 10.4. The first kappa shape index (κ1) is 23.8. The monoisotopic (exact) mass is 458 g/mol. The molecule has 0 spiro atoms. The molecule has 8 nitrogen and oxygen atoms in total. The Kier molecular flexibility index (Phi) is 7.37. The molecule has 10 heteroatoms. The first-order chi connectivity index (χ1) is 15.7. The van der Waals surface area contributed by atoms with Crippen molar-refractivity contribution >= 4 is 35.0 Å². The molecule has 0 bridgehead atoms. The molecule has 0 saturated heterocycles. The van der Waals surface area contributed by atoms with Gasteiger partial charge < -0.3 is 21.3 Å². The SMILES string of the molecule is NC(=O)CCN(C(=O)C1CC1C(=O)N(CCC(N)=O)c1ccc(F)cc1)c1ccc(F)cc1. The third-order valence-corrected chi connectivity index (χ3v) is 5.40. The topological polar surface area (TPSA) is 127 Å². The Hall–Kier alpha value is -3.82. The molecule has 33 heavy (non-hydrogen) atoms. The van der Waals surface area contributed by atoms with Crippen molar-refractivity contribution in [1.29, 1.82) is 0 Å². The Labute approximate surface area is 189 Å². The van der Waals surface area contributed by atoms with Crippen LogP contribution in [0.15, 0.2) is 48.5 Å². The first-order valence-electron chi connectivity index (χ1n) is 10.4. The van der Waals surface area contributed by atoms with Gasteiger partial charge in [0, 0.05) is 37.3 Å². The van der Waals surface area contributed by atoms with E-state index in [4.69, 9.17) is 11.5 Å². The summed E-state index contributed by atoms with van der Waals surface area (Å²) in [5.41, 5.74) is 11.2. The smallest absolute Gasteiger partial charge is 0.230 e. The van der Waals surface area contributed by atoms with Crippen LogP contribution in [0.4, 0.5) is 20.2 Å². The van der Waals surface area contributed by atoms with Crippen LogP contribution in [0, 0.1) is 23.5 Å². The first-order valence-corrected chi connectivity index (χ1v) is 10.4. The Balaban J connectivity index is 1.78. The maximum Gasteiger partial charge on any atom is 0.230 e. The van der Waals surface area contributed by atoms with Crippen molar-refractivity contribution in [1.82, 2.24) is 0 Å². The molecule has 0 aromatic heterocycles. The number of carbonyl (C=O) groups excluding carboxylic acids is 4. The molecule has 4 N–H and O–H groups in total. The van der Waals surface area contributed by atoms with Crippen LogP contribution in [0.1, 0.15) is 19.3 Å². The molecule has 2 aromatic carbocycles. The highest BCUT2D eigenvalue weighted by atomic mass is 19.1. The van der Waals surface area contributed by atoms with Crippen molar-refractivity contribution in [3.05, 3.63) is 60.2 Å². The van der Waals surface area contributed by atoms with Crippen molar-refractivity contribution in [2.75, 3.05) is 22.9 Å². The summed E-state index contributed by atoms with van der Waals surface area (Å²) in [6.07, 6.45) is 0.0593. The van der Waals surface area contributed by atoms with E-state index in [1.54, 1.807) is 0 Å². The van der Waals surface area contributed by atoms with Crippen molar-refractivity contribution in [3.8, 4) is 0 Å². The van der Waals surface area contributed by atoms with Crippen molar-refractivity contribution in [2.24, 2.45) is 23.3 Å². The number of amides is 4. The van der Waals surface area contributed by atoms with E-state index in [9.17, 15) is 28.0 Å². The maximum atomic E-state index is 13.3. The van der Waals surface area contributed by atoms with Crippen LogP contribution in [0.2, 0.25) is 0 Å². The van der Waals surface area contributed by atoms with Gasteiger partial charge in [-0.3, -0.25) is 19.2 Å². The second-order valence-corrected chi connectivity index (χ2v) is 7.81. The molecule has 1 fully saturated rings. The number of hydrogen-bond acceptors (Lipinski definition) is 4. The molecule has 0 heterocycles. The molecule has 2 atom stereocenters. The van der Waals surface area contributed by atoms with E-state index in [1.165, 1.54) is 58.3 Å². The molecule has 3 rings (SSSR count).